The Kier molecular flexibility index (Phi) is 6.08. The van der Waals surface area contributed by atoms with Gasteiger partial charge in [-0.1, -0.05) is 24.6 Å². The summed E-state index contributed by atoms with van der Waals surface area (Å²) >= 11 is 6.32. The monoisotopic (exact) mass is 333 g/mol. The summed E-state index contributed by atoms with van der Waals surface area (Å²) < 4.78 is 28.5. The van der Waals surface area contributed by atoms with E-state index < -0.39 is 14.6 Å². The molecule has 4 nitrogen and oxygen atoms in total. The van der Waals surface area contributed by atoms with Crippen molar-refractivity contribution in [1.82, 2.24) is 5.32 Å². The van der Waals surface area contributed by atoms with Gasteiger partial charge in [-0.2, -0.15) is 0 Å². The number of rotatable bonds is 7. The van der Waals surface area contributed by atoms with E-state index in [2.05, 4.69) is 5.32 Å². The summed E-state index contributed by atoms with van der Waals surface area (Å²) in [6.45, 7) is 6.19. The van der Waals surface area contributed by atoms with E-state index in [4.69, 9.17) is 16.3 Å². The van der Waals surface area contributed by atoms with Crippen molar-refractivity contribution < 1.29 is 13.2 Å². The van der Waals surface area contributed by atoms with E-state index in [1.807, 2.05) is 13.0 Å². The number of sulfone groups is 1. The van der Waals surface area contributed by atoms with Gasteiger partial charge in [0, 0.05) is 11.3 Å². The zero-order valence-electron chi connectivity index (χ0n) is 13.2. The van der Waals surface area contributed by atoms with Crippen LogP contribution in [0, 0.1) is 0 Å². The summed E-state index contributed by atoms with van der Waals surface area (Å²) in [5, 5.41) is 3.81. The maximum atomic E-state index is 12.2. The molecule has 0 heterocycles. The van der Waals surface area contributed by atoms with Gasteiger partial charge >= 0.3 is 0 Å². The highest BCUT2D eigenvalue weighted by Crippen LogP contribution is 2.37. The topological polar surface area (TPSA) is 55.4 Å². The zero-order valence-corrected chi connectivity index (χ0v) is 14.8. The molecule has 1 atom stereocenters. The van der Waals surface area contributed by atoms with Crippen LogP contribution in [0.15, 0.2) is 18.2 Å². The Morgan fingerprint density at radius 3 is 2.43 bits per heavy atom. The van der Waals surface area contributed by atoms with Gasteiger partial charge in [-0.3, -0.25) is 0 Å². The molecule has 1 aromatic rings. The summed E-state index contributed by atoms with van der Waals surface area (Å²) in [6, 6.07) is 4.93. The van der Waals surface area contributed by atoms with Crippen molar-refractivity contribution in [1.29, 1.82) is 0 Å². The first kappa shape index (κ1) is 18.3. The fourth-order valence-corrected chi connectivity index (χ4v) is 3.02. The molecule has 120 valence electrons. The molecule has 0 saturated heterocycles. The molecule has 1 rings (SSSR count). The van der Waals surface area contributed by atoms with E-state index in [-0.39, 0.29) is 6.04 Å². The molecule has 0 aromatic heterocycles. The molecule has 21 heavy (non-hydrogen) atoms. The highest BCUT2D eigenvalue weighted by Gasteiger charge is 2.40. The molecular formula is C15H24ClNO3S. The predicted molar refractivity (Wildman–Crippen MR) is 88.0 cm³/mol. The molecule has 0 spiro atoms. The van der Waals surface area contributed by atoms with Gasteiger partial charge in [0.15, 0.2) is 9.84 Å². The smallest absolute Gasteiger partial charge is 0.154 e. The Hall–Kier alpha value is -0.780. The molecule has 0 radical (unpaired) electrons. The molecule has 0 saturated carbocycles. The summed E-state index contributed by atoms with van der Waals surface area (Å²) in [5.74, 6) is 0.648. The highest BCUT2D eigenvalue weighted by atomic mass is 35.5. The first-order valence-corrected chi connectivity index (χ1v) is 9.18. The van der Waals surface area contributed by atoms with Crippen LogP contribution in [0.25, 0.3) is 0 Å². The molecule has 0 amide bonds. The van der Waals surface area contributed by atoms with E-state index in [0.717, 1.165) is 12.0 Å². The summed E-state index contributed by atoms with van der Waals surface area (Å²) in [7, 11) is -1.70. The number of ether oxygens (including phenoxy) is 1. The highest BCUT2D eigenvalue weighted by molar-refractivity contribution is 7.92. The van der Waals surface area contributed by atoms with Crippen molar-refractivity contribution in [2.45, 2.75) is 38.0 Å². The largest absolute Gasteiger partial charge is 0.497 e. The van der Waals surface area contributed by atoms with Crippen LogP contribution in [0.1, 0.15) is 38.8 Å². The first-order chi connectivity index (χ1) is 9.65. The van der Waals surface area contributed by atoms with E-state index in [1.54, 1.807) is 33.1 Å². The van der Waals surface area contributed by atoms with Gasteiger partial charge < -0.3 is 10.1 Å². The van der Waals surface area contributed by atoms with Gasteiger partial charge in [0.05, 0.1) is 17.9 Å². The molecule has 1 aromatic carbocycles. The number of halogens is 1. The van der Waals surface area contributed by atoms with Crippen molar-refractivity contribution in [3.8, 4) is 5.75 Å². The lowest BCUT2D eigenvalue weighted by molar-refractivity contribution is 0.409. The van der Waals surface area contributed by atoms with Crippen molar-refractivity contribution in [3.05, 3.63) is 28.8 Å². The average molecular weight is 334 g/mol. The zero-order chi connectivity index (χ0) is 16.3. The van der Waals surface area contributed by atoms with Crippen molar-refractivity contribution in [2.75, 3.05) is 19.9 Å². The maximum absolute atomic E-state index is 12.2. The Labute approximate surface area is 132 Å². The van der Waals surface area contributed by atoms with Crippen LogP contribution in [-0.2, 0) is 9.84 Å². The second kappa shape index (κ2) is 6.99. The molecule has 6 heteroatoms. The van der Waals surface area contributed by atoms with Gasteiger partial charge in [-0.05, 0) is 44.5 Å². The fraction of sp³-hybridized carbons (Fsp3) is 0.600. The summed E-state index contributed by atoms with van der Waals surface area (Å²) in [4.78, 5) is 0. The average Bonchev–Trinajstić information content (AvgIpc) is 2.39. The second-order valence-corrected chi connectivity index (χ2v) is 8.65. The molecule has 1 N–H and O–H groups in total. The van der Waals surface area contributed by atoms with E-state index in [1.165, 1.54) is 6.26 Å². The normalized spacial score (nSPS) is 14.0. The van der Waals surface area contributed by atoms with Crippen LogP contribution < -0.4 is 10.1 Å². The standard InChI is InChI=1S/C15H24ClNO3S/c1-6-9-17-14(15(2,3)21(5,18)19)12-8-7-11(20-4)10-13(12)16/h7-8,10,14,17H,6,9H2,1-5H3. The third-order valence-corrected chi connectivity index (χ3v) is 6.24. The number of benzene rings is 1. The number of methoxy groups -OCH3 is 1. The van der Waals surface area contributed by atoms with Crippen LogP contribution >= 0.6 is 11.6 Å². The SMILES string of the molecule is CCCNC(c1ccc(OC)cc1Cl)C(C)(C)S(C)(=O)=O. The lowest BCUT2D eigenvalue weighted by Gasteiger charge is -2.34. The molecular weight excluding hydrogens is 310 g/mol. The van der Waals surface area contributed by atoms with Gasteiger partial charge in [0.25, 0.3) is 0 Å². The number of nitrogens with one attached hydrogen (secondary N) is 1. The van der Waals surface area contributed by atoms with Crippen LogP contribution in [0.5, 0.6) is 5.75 Å². The van der Waals surface area contributed by atoms with Crippen LogP contribution in [0.2, 0.25) is 5.02 Å². The third-order valence-electron chi connectivity index (χ3n) is 3.77. The second-order valence-electron chi connectivity index (χ2n) is 5.65. The lowest BCUT2D eigenvalue weighted by Crippen LogP contribution is -2.45. The van der Waals surface area contributed by atoms with Crippen molar-refractivity contribution >= 4 is 21.4 Å². The van der Waals surface area contributed by atoms with E-state index in [0.29, 0.717) is 17.3 Å². The van der Waals surface area contributed by atoms with Crippen molar-refractivity contribution in [3.63, 3.8) is 0 Å². The fourth-order valence-electron chi connectivity index (χ4n) is 2.10. The maximum Gasteiger partial charge on any atom is 0.154 e. The molecule has 0 aliphatic rings. The van der Waals surface area contributed by atoms with E-state index >= 15 is 0 Å². The van der Waals surface area contributed by atoms with Gasteiger partial charge in [-0.25, -0.2) is 8.42 Å². The van der Waals surface area contributed by atoms with Gasteiger partial charge in [0.2, 0.25) is 0 Å². The third kappa shape index (κ3) is 4.11. The minimum Gasteiger partial charge on any atom is -0.497 e. The quantitative estimate of drug-likeness (QED) is 0.832. The van der Waals surface area contributed by atoms with Crippen LogP contribution in [0.4, 0.5) is 0 Å². The summed E-state index contributed by atoms with van der Waals surface area (Å²) in [5.41, 5.74) is 0.765. The predicted octanol–water partition coefficient (Wildman–Crippen LogP) is 3.21. The summed E-state index contributed by atoms with van der Waals surface area (Å²) in [6.07, 6.45) is 2.16. The Balaban J connectivity index is 3.32. The minimum atomic E-state index is -3.26. The van der Waals surface area contributed by atoms with Crippen LogP contribution in [-0.4, -0.2) is 33.1 Å². The molecule has 1 unspecified atom stereocenters. The first-order valence-electron chi connectivity index (χ1n) is 6.91. The Morgan fingerprint density at radius 1 is 1.38 bits per heavy atom. The van der Waals surface area contributed by atoms with Crippen molar-refractivity contribution in [2.24, 2.45) is 0 Å². The Bertz CT molecular complexity index is 585. The molecule has 0 fully saturated rings. The van der Waals surface area contributed by atoms with Gasteiger partial charge in [-0.15, -0.1) is 0 Å². The molecule has 0 aliphatic carbocycles. The number of hydrogen-bond donors (Lipinski definition) is 1. The lowest BCUT2D eigenvalue weighted by atomic mass is 9.94. The van der Waals surface area contributed by atoms with E-state index in [9.17, 15) is 8.42 Å². The molecule has 0 aliphatic heterocycles. The molecule has 0 bridgehead atoms. The number of hydrogen-bond acceptors (Lipinski definition) is 4. The Morgan fingerprint density at radius 2 is 2.00 bits per heavy atom. The van der Waals surface area contributed by atoms with Gasteiger partial charge in [0.1, 0.15) is 5.75 Å². The van der Waals surface area contributed by atoms with Crippen LogP contribution in [0.3, 0.4) is 0 Å². The minimum absolute atomic E-state index is 0.383.